The van der Waals surface area contributed by atoms with Crippen LogP contribution in [0.15, 0.2) is 94.6 Å². The number of tetrazole rings is 1. The van der Waals surface area contributed by atoms with E-state index in [0.717, 1.165) is 44.2 Å². The van der Waals surface area contributed by atoms with Gasteiger partial charge in [0, 0.05) is 50.3 Å². The van der Waals surface area contributed by atoms with Crippen molar-refractivity contribution >= 4 is 81.6 Å². The summed E-state index contributed by atoms with van der Waals surface area (Å²) in [6, 6.07) is 17.7. The van der Waals surface area contributed by atoms with Crippen LogP contribution >= 0.6 is 34.9 Å². The first kappa shape index (κ1) is 44.9. The molecule has 3 atom stereocenters. The van der Waals surface area contributed by atoms with Gasteiger partial charge in [0.25, 0.3) is 11.8 Å². The number of aromatic nitrogens is 5. The number of nitrogens with zero attached hydrogens (tertiary/aromatic N) is 6. The van der Waals surface area contributed by atoms with Crippen molar-refractivity contribution in [1.29, 1.82) is 0 Å². The molecule has 0 aliphatic carbocycles. The molecule has 0 saturated carbocycles. The zero-order valence-corrected chi connectivity index (χ0v) is 36.7. The lowest BCUT2D eigenvalue weighted by Crippen LogP contribution is -2.71. The lowest BCUT2D eigenvalue weighted by Gasteiger charge is -2.50. The third-order valence-corrected chi connectivity index (χ3v) is 12.5. The Morgan fingerprint density at radius 3 is 2.05 bits per heavy atom. The highest BCUT2D eigenvalue weighted by molar-refractivity contribution is 8.01. The predicted octanol–water partition coefficient (Wildman–Crippen LogP) is 3.27. The van der Waals surface area contributed by atoms with E-state index in [-0.39, 0.29) is 33.6 Å². The van der Waals surface area contributed by atoms with Crippen molar-refractivity contribution < 1.29 is 52.5 Å². The quantitative estimate of drug-likeness (QED) is 0.0588. The van der Waals surface area contributed by atoms with Crippen molar-refractivity contribution in [1.82, 2.24) is 40.7 Å². The Bertz CT molecular complexity index is 2600. The number of carbonyl (C=O) groups excluding carboxylic acids is 7. The van der Waals surface area contributed by atoms with E-state index in [1.165, 1.54) is 38.5 Å². The summed E-state index contributed by atoms with van der Waals surface area (Å²) in [6.45, 7) is 3.17. The Morgan fingerprint density at radius 2 is 1.52 bits per heavy atom. The molecule has 3 aromatic carbocycles. The highest BCUT2D eigenvalue weighted by atomic mass is 32.2. The van der Waals surface area contributed by atoms with Gasteiger partial charge in [-0.05, 0) is 39.3 Å². The van der Waals surface area contributed by atoms with E-state index >= 15 is 0 Å². The van der Waals surface area contributed by atoms with Crippen molar-refractivity contribution in [2.45, 2.75) is 49.5 Å². The maximum absolute atomic E-state index is 14.5. The zero-order chi connectivity index (χ0) is 45.7. The van der Waals surface area contributed by atoms with Gasteiger partial charge in [0.1, 0.15) is 17.1 Å². The third kappa shape index (κ3) is 10.1. The number of carbonyl (C=O) groups is 7. The second-order valence-corrected chi connectivity index (χ2v) is 16.9. The number of esters is 4. The molecule has 2 aliphatic heterocycles. The summed E-state index contributed by atoms with van der Waals surface area (Å²) in [5.74, 6) is -6.64. The number of rotatable bonds is 15. The monoisotopic (exact) mass is 927 g/mol. The van der Waals surface area contributed by atoms with Crippen LogP contribution in [0.1, 0.15) is 60.1 Å². The Balaban J connectivity index is 1.17. The molecule has 4 heterocycles. The number of thiazole rings is 1. The molecule has 1 saturated heterocycles. The minimum atomic E-state index is -1.57. The minimum Gasteiger partial charge on any atom is -0.448 e. The van der Waals surface area contributed by atoms with Crippen LogP contribution in [0.4, 0.5) is 5.13 Å². The van der Waals surface area contributed by atoms with Crippen LogP contribution in [-0.2, 0) is 40.6 Å². The number of nitrogens with one attached hydrogen (secondary N) is 2. The number of anilines is 1. The Morgan fingerprint density at radius 1 is 0.906 bits per heavy atom. The van der Waals surface area contributed by atoms with E-state index in [4.69, 9.17) is 24.7 Å². The molecular formula is C41H37N9O11S3. The predicted molar refractivity (Wildman–Crippen MR) is 229 cm³/mol. The van der Waals surface area contributed by atoms with Crippen LogP contribution in [0.2, 0.25) is 0 Å². The smallest absolute Gasteiger partial charge is 0.356 e. The molecule has 20 nitrogen and oxygen atoms in total. The fourth-order valence-electron chi connectivity index (χ4n) is 6.60. The van der Waals surface area contributed by atoms with Gasteiger partial charge >= 0.3 is 23.9 Å². The Labute approximate surface area is 376 Å². The summed E-state index contributed by atoms with van der Waals surface area (Å²) in [4.78, 5) is 98.3. The molecule has 0 spiro atoms. The van der Waals surface area contributed by atoms with E-state index in [1.807, 2.05) is 60.7 Å². The fraction of sp³-hybridized carbons (Fsp3) is 0.244. The molecule has 2 aliphatic rings. The highest BCUT2D eigenvalue weighted by Crippen LogP contribution is 2.43. The van der Waals surface area contributed by atoms with Gasteiger partial charge in [0.2, 0.25) is 16.8 Å². The topological polar surface area (TPSA) is 266 Å². The maximum atomic E-state index is 14.5. The Kier molecular flexibility index (Phi) is 13.7. The molecule has 23 heteroatoms. The lowest BCUT2D eigenvalue weighted by atomic mass is 10.0. The number of fused-ring (bicyclic) bond motifs is 1. The van der Waals surface area contributed by atoms with Gasteiger partial charge in [-0.15, -0.1) is 28.2 Å². The molecule has 330 valence electrons. The van der Waals surface area contributed by atoms with Crippen molar-refractivity contribution in [2.24, 2.45) is 7.05 Å². The van der Waals surface area contributed by atoms with Gasteiger partial charge in [0.15, 0.2) is 28.8 Å². The van der Waals surface area contributed by atoms with Crippen LogP contribution in [0.25, 0.3) is 0 Å². The van der Waals surface area contributed by atoms with Crippen molar-refractivity contribution in [3.05, 3.63) is 112 Å². The third-order valence-electron chi connectivity index (χ3n) is 9.33. The molecule has 1 unspecified atom stereocenters. The lowest BCUT2D eigenvalue weighted by molar-refractivity contribution is -0.154. The number of hydrogen-bond acceptors (Lipinski definition) is 19. The van der Waals surface area contributed by atoms with E-state index in [0.29, 0.717) is 21.9 Å². The number of amides is 3. The molecule has 4 N–H and O–H groups in total. The molecule has 3 amide bonds. The number of aryl methyl sites for hydroxylation is 1. The first-order valence-corrected chi connectivity index (χ1v) is 22.0. The van der Waals surface area contributed by atoms with Crippen LogP contribution in [-0.4, -0.2) is 94.6 Å². The first-order valence-electron chi connectivity index (χ1n) is 19.1. The van der Waals surface area contributed by atoms with Crippen LogP contribution in [0.5, 0.6) is 17.2 Å². The van der Waals surface area contributed by atoms with E-state index < -0.39 is 82.4 Å². The van der Waals surface area contributed by atoms with Crippen LogP contribution < -0.4 is 30.6 Å². The van der Waals surface area contributed by atoms with Crippen LogP contribution in [0, 0.1) is 0 Å². The van der Waals surface area contributed by atoms with Gasteiger partial charge in [-0.25, -0.2) is 14.5 Å². The summed E-state index contributed by atoms with van der Waals surface area (Å²) in [6.07, 6.45) is -0.831. The standard InChI is InChI=1S/C41H37N9O11S3/c1-20(51)58-28-15-25(16-29(59-21(2)52)34(28)60-22(3)53)35(54)44-30(27-19-63-40(42)43-27)36(55)45-31-37(56)50-32(26(17-62-38(31)50)18-64-41-46-47-48-49(41)4)39(57)61-33(23-11-7-5-8-12-23)24-13-9-6-10-14-24/h5-16,19,30-31,33,38H,17-18H2,1-4H3,(H2,42,43)(H,44,54)(H,45,55)/t30?,31-,38+/m1/s1. The van der Waals surface area contributed by atoms with Gasteiger partial charge < -0.3 is 35.3 Å². The largest absolute Gasteiger partial charge is 0.448 e. The zero-order valence-electron chi connectivity index (χ0n) is 34.2. The normalized spacial score (nSPS) is 16.0. The molecule has 5 aromatic rings. The van der Waals surface area contributed by atoms with Gasteiger partial charge in [-0.1, -0.05) is 72.4 Å². The van der Waals surface area contributed by atoms with Gasteiger partial charge in [-0.2, -0.15) is 0 Å². The van der Waals surface area contributed by atoms with Crippen molar-refractivity contribution in [3.63, 3.8) is 0 Å². The van der Waals surface area contributed by atoms with Gasteiger partial charge in [0.05, 0.1) is 5.69 Å². The number of nitrogens with two attached hydrogens (primary N) is 1. The first-order chi connectivity index (χ1) is 30.7. The molecule has 64 heavy (non-hydrogen) atoms. The summed E-state index contributed by atoms with van der Waals surface area (Å²) in [5, 5.41) is 18.0. The summed E-state index contributed by atoms with van der Waals surface area (Å²) in [7, 11) is 1.67. The second-order valence-electron chi connectivity index (χ2n) is 13.9. The molecule has 0 bridgehead atoms. The highest BCUT2D eigenvalue weighted by Gasteiger charge is 2.55. The van der Waals surface area contributed by atoms with Gasteiger partial charge in [-0.3, -0.25) is 33.7 Å². The van der Waals surface area contributed by atoms with Crippen molar-refractivity contribution in [2.75, 3.05) is 17.2 Å². The molecule has 0 radical (unpaired) electrons. The number of nitrogen functional groups attached to an aromatic ring is 1. The Hall–Kier alpha value is -7.11. The number of benzene rings is 3. The average molecular weight is 928 g/mol. The fourth-order valence-corrected chi connectivity index (χ4v) is 9.52. The summed E-state index contributed by atoms with van der Waals surface area (Å²) >= 11 is 3.55. The molecule has 7 rings (SSSR count). The molecule has 1 fully saturated rings. The minimum absolute atomic E-state index is 0.0137. The second kappa shape index (κ2) is 19.5. The van der Waals surface area contributed by atoms with E-state index in [9.17, 15) is 33.6 Å². The van der Waals surface area contributed by atoms with E-state index in [1.54, 1.807) is 7.05 Å². The van der Waals surface area contributed by atoms with E-state index in [2.05, 4.69) is 31.1 Å². The average Bonchev–Trinajstić information content (AvgIpc) is 3.90. The summed E-state index contributed by atoms with van der Waals surface area (Å²) in [5.41, 5.74) is 7.63. The molecular weight excluding hydrogens is 891 g/mol. The number of hydrogen-bond donors (Lipinski definition) is 3. The SMILES string of the molecule is CC(=O)Oc1cc(C(=O)NC(C(=O)N[C@@H]2C(=O)N3C(C(=O)OC(c4ccccc4)c4ccccc4)=C(CSc4nnnn4C)CS[C@@H]23)c2csc(N)n2)cc(OC(C)=O)c1OC(C)=O. The number of ether oxygens (including phenoxy) is 4. The van der Waals surface area contributed by atoms with Crippen molar-refractivity contribution in [3.8, 4) is 17.2 Å². The number of β-lactam (4-membered cyclic amide) rings is 1. The maximum Gasteiger partial charge on any atom is 0.356 e. The molecule has 2 aromatic heterocycles. The van der Waals surface area contributed by atoms with Crippen LogP contribution in [0.3, 0.4) is 0 Å². The number of thioether (sulfide) groups is 2. The summed E-state index contributed by atoms with van der Waals surface area (Å²) < 4.78 is 23.3.